The van der Waals surface area contributed by atoms with Gasteiger partial charge in [0.25, 0.3) is 0 Å². The number of carbonyl (C=O) groups is 1. The molecule has 29 heavy (non-hydrogen) atoms. The molecule has 3 aromatic carbocycles. The summed E-state index contributed by atoms with van der Waals surface area (Å²) in [5.41, 5.74) is 0.253. The zero-order valence-corrected chi connectivity index (χ0v) is 16.6. The summed E-state index contributed by atoms with van der Waals surface area (Å²) in [6, 6.07) is 19.7. The molecule has 2 amide bonds. The summed E-state index contributed by atoms with van der Waals surface area (Å²) in [5.74, 6) is 0. The van der Waals surface area contributed by atoms with Gasteiger partial charge in [0.15, 0.2) is 11.4 Å². The average Bonchev–Trinajstić information content (AvgIpc) is 3.01. The molecule has 1 N–H and O–H groups in total. The Bertz CT molecular complexity index is 1110. The number of amides is 2. The van der Waals surface area contributed by atoms with Gasteiger partial charge in [0.2, 0.25) is 0 Å². The van der Waals surface area contributed by atoms with Crippen molar-refractivity contribution < 1.29 is 9.90 Å². The maximum atomic E-state index is 13.4. The molecule has 5 nitrogen and oxygen atoms in total. The molecule has 0 radical (unpaired) electrons. The summed E-state index contributed by atoms with van der Waals surface area (Å²) >= 11 is 12.0. The molecule has 0 saturated carbocycles. The highest BCUT2D eigenvalue weighted by Crippen LogP contribution is 2.41. The van der Waals surface area contributed by atoms with Gasteiger partial charge in [0.1, 0.15) is 0 Å². The molecular weight excluding hydrogens is 409 g/mol. The second kappa shape index (κ2) is 7.41. The molecule has 0 spiro atoms. The van der Waals surface area contributed by atoms with Crippen LogP contribution in [-0.2, 0) is 5.72 Å². The number of urea groups is 1. The van der Waals surface area contributed by atoms with Crippen molar-refractivity contribution in [1.82, 2.24) is 0 Å². The van der Waals surface area contributed by atoms with E-state index in [1.165, 1.54) is 9.80 Å². The first kappa shape index (κ1) is 19.3. The Morgan fingerprint density at radius 1 is 0.931 bits per heavy atom. The van der Waals surface area contributed by atoms with Gasteiger partial charge in [-0.05, 0) is 60.2 Å². The van der Waals surface area contributed by atoms with E-state index in [0.29, 0.717) is 32.7 Å². The summed E-state index contributed by atoms with van der Waals surface area (Å²) in [5, 5.41) is 12.8. The summed E-state index contributed by atoms with van der Waals surface area (Å²) in [6.07, 6.45) is 0. The first-order chi connectivity index (χ1) is 13.9. The Morgan fingerprint density at radius 3 is 2.10 bits per heavy atom. The second-order valence-corrected chi connectivity index (χ2v) is 7.51. The van der Waals surface area contributed by atoms with Crippen molar-refractivity contribution in [3.05, 3.63) is 99.8 Å². The molecule has 0 bridgehead atoms. The first-order valence-electron chi connectivity index (χ1n) is 8.75. The lowest BCUT2D eigenvalue weighted by Crippen LogP contribution is -2.44. The lowest BCUT2D eigenvalue weighted by molar-refractivity contribution is 0.0656. The predicted molar refractivity (Wildman–Crippen MR) is 115 cm³/mol. The zero-order valence-electron chi connectivity index (χ0n) is 15.1. The van der Waals surface area contributed by atoms with E-state index in [4.69, 9.17) is 29.8 Å². The van der Waals surface area contributed by atoms with E-state index in [-0.39, 0.29) is 6.54 Å². The number of carbonyl (C=O) groups excluding carboxylic acids is 1. The summed E-state index contributed by atoms with van der Waals surface area (Å²) in [4.78, 5) is 19.6. The third kappa shape index (κ3) is 3.43. The van der Waals surface area contributed by atoms with Crippen LogP contribution in [0.3, 0.4) is 0 Å². The van der Waals surface area contributed by atoms with Crippen molar-refractivity contribution in [1.29, 1.82) is 0 Å². The molecule has 1 heterocycles. The molecule has 4 rings (SSSR count). The predicted octanol–water partition coefficient (Wildman–Crippen LogP) is 5.84. The van der Waals surface area contributed by atoms with Crippen LogP contribution >= 0.6 is 23.2 Å². The van der Waals surface area contributed by atoms with Crippen LogP contribution in [-0.4, -0.2) is 17.7 Å². The Labute approximate surface area is 178 Å². The van der Waals surface area contributed by atoms with Gasteiger partial charge in [-0.25, -0.2) is 9.64 Å². The Kier molecular flexibility index (Phi) is 4.93. The van der Waals surface area contributed by atoms with Crippen molar-refractivity contribution in [2.24, 2.45) is 0 Å². The third-order valence-electron chi connectivity index (χ3n) is 4.83. The number of β-amino-alcohol motifs (C(OH)–C–C–N with tert-alkyl or cyclic N) is 1. The molecule has 1 fully saturated rings. The monoisotopic (exact) mass is 423 g/mol. The van der Waals surface area contributed by atoms with Crippen LogP contribution in [0.1, 0.15) is 5.56 Å². The SMILES string of the molecule is [C-]#[N+]c1cccc(C2(O)CN(c3ccc(Cl)cc3)C(=O)N2c2ccc(Cl)cc2)c1. The van der Waals surface area contributed by atoms with E-state index >= 15 is 0 Å². The number of hydrogen-bond acceptors (Lipinski definition) is 2. The Morgan fingerprint density at radius 2 is 1.52 bits per heavy atom. The van der Waals surface area contributed by atoms with Crippen molar-refractivity contribution in [2.45, 2.75) is 5.72 Å². The van der Waals surface area contributed by atoms with Crippen molar-refractivity contribution in [3.8, 4) is 0 Å². The molecule has 0 aliphatic carbocycles. The molecule has 0 aromatic heterocycles. The van der Waals surface area contributed by atoms with Gasteiger partial charge >= 0.3 is 6.03 Å². The molecule has 1 atom stereocenters. The number of anilines is 2. The van der Waals surface area contributed by atoms with Crippen LogP contribution in [0.15, 0.2) is 72.8 Å². The van der Waals surface area contributed by atoms with Crippen LogP contribution in [0.2, 0.25) is 10.0 Å². The molecule has 144 valence electrons. The van der Waals surface area contributed by atoms with E-state index in [9.17, 15) is 9.90 Å². The molecular formula is C22H15Cl2N3O2. The minimum absolute atomic E-state index is 0.0163. The molecule has 3 aromatic rings. The van der Waals surface area contributed by atoms with Crippen LogP contribution in [0, 0.1) is 6.57 Å². The quantitative estimate of drug-likeness (QED) is 0.538. The largest absolute Gasteiger partial charge is 0.365 e. The molecule has 7 heteroatoms. The summed E-state index contributed by atoms with van der Waals surface area (Å²) in [7, 11) is 0. The molecule has 1 saturated heterocycles. The number of benzene rings is 3. The zero-order chi connectivity index (χ0) is 20.6. The standard InChI is InChI=1S/C22H15Cl2N3O2/c1-25-18-4-2-3-15(13-18)22(29)14-26(19-9-5-16(23)6-10-19)21(28)27(22)20-11-7-17(24)8-12-20/h2-13,29H,14H2. The Balaban J connectivity index is 1.85. The minimum atomic E-state index is -1.68. The number of hydrogen-bond donors (Lipinski definition) is 1. The lowest BCUT2D eigenvalue weighted by atomic mass is 10.0. The van der Waals surface area contributed by atoms with E-state index in [0.717, 1.165) is 0 Å². The number of nitrogens with zero attached hydrogens (tertiary/aromatic N) is 3. The number of rotatable bonds is 3. The van der Waals surface area contributed by atoms with E-state index in [1.807, 2.05) is 0 Å². The summed E-state index contributed by atoms with van der Waals surface area (Å²) < 4.78 is 0. The van der Waals surface area contributed by atoms with Gasteiger partial charge in [-0.2, -0.15) is 0 Å². The highest BCUT2D eigenvalue weighted by atomic mass is 35.5. The van der Waals surface area contributed by atoms with Gasteiger partial charge in [0, 0.05) is 21.4 Å². The first-order valence-corrected chi connectivity index (χ1v) is 9.51. The fraction of sp³-hybridized carbons (Fsp3) is 0.0909. The fourth-order valence-corrected chi connectivity index (χ4v) is 3.67. The smallest absolute Gasteiger partial charge is 0.331 e. The minimum Gasteiger partial charge on any atom is -0.365 e. The second-order valence-electron chi connectivity index (χ2n) is 6.64. The van der Waals surface area contributed by atoms with E-state index < -0.39 is 11.8 Å². The molecule has 1 aliphatic rings. The molecule has 1 unspecified atom stereocenters. The van der Waals surface area contributed by atoms with Crippen molar-refractivity contribution in [3.63, 3.8) is 0 Å². The van der Waals surface area contributed by atoms with Gasteiger partial charge in [-0.1, -0.05) is 41.4 Å². The highest BCUT2D eigenvalue weighted by Gasteiger charge is 2.51. The lowest BCUT2D eigenvalue weighted by Gasteiger charge is -2.32. The molecule has 1 aliphatic heterocycles. The maximum absolute atomic E-state index is 13.4. The van der Waals surface area contributed by atoms with Crippen molar-refractivity contribution in [2.75, 3.05) is 16.3 Å². The van der Waals surface area contributed by atoms with Crippen molar-refractivity contribution >= 4 is 46.3 Å². The van der Waals surface area contributed by atoms with E-state index in [2.05, 4.69) is 4.85 Å². The average molecular weight is 424 g/mol. The maximum Gasteiger partial charge on any atom is 0.331 e. The highest BCUT2D eigenvalue weighted by molar-refractivity contribution is 6.31. The van der Waals surface area contributed by atoms with Crippen LogP contribution in [0.4, 0.5) is 21.9 Å². The van der Waals surface area contributed by atoms with Crippen LogP contribution < -0.4 is 9.80 Å². The van der Waals surface area contributed by atoms with Crippen LogP contribution in [0.25, 0.3) is 4.85 Å². The van der Waals surface area contributed by atoms with E-state index in [1.54, 1.807) is 72.8 Å². The van der Waals surface area contributed by atoms with Gasteiger partial charge < -0.3 is 5.11 Å². The topological polar surface area (TPSA) is 48.1 Å². The van der Waals surface area contributed by atoms with Gasteiger partial charge in [-0.15, -0.1) is 0 Å². The van der Waals surface area contributed by atoms with Crippen LogP contribution in [0.5, 0.6) is 0 Å². The number of aliphatic hydroxyl groups is 1. The normalized spacial score (nSPS) is 18.8. The number of halogens is 2. The Hall–Kier alpha value is -3.04. The third-order valence-corrected chi connectivity index (χ3v) is 5.34. The fourth-order valence-electron chi connectivity index (χ4n) is 3.42. The summed E-state index contributed by atoms with van der Waals surface area (Å²) in [6.45, 7) is 7.26. The van der Waals surface area contributed by atoms with Gasteiger partial charge in [-0.3, -0.25) is 9.80 Å². The van der Waals surface area contributed by atoms with Gasteiger partial charge in [0.05, 0.1) is 13.1 Å².